The van der Waals surface area contributed by atoms with Crippen LogP contribution in [0.15, 0.2) is 0 Å². The van der Waals surface area contributed by atoms with Crippen LogP contribution in [-0.4, -0.2) is 34.6 Å². The Labute approximate surface area is 104 Å². The highest BCUT2D eigenvalue weighted by molar-refractivity contribution is 5.73. The zero-order valence-electron chi connectivity index (χ0n) is 11.1. The first-order chi connectivity index (χ1) is 8.11. The van der Waals surface area contributed by atoms with Crippen LogP contribution in [0.2, 0.25) is 0 Å². The number of carboxylic acids is 1. The highest BCUT2D eigenvalue weighted by Crippen LogP contribution is 2.36. The van der Waals surface area contributed by atoms with Gasteiger partial charge in [0.25, 0.3) is 0 Å². The molecule has 2 rings (SSSR count). The molecular formula is C14H25NO2. The third-order valence-corrected chi connectivity index (χ3v) is 4.64. The topological polar surface area (TPSA) is 40.5 Å². The number of hydrogen-bond acceptors (Lipinski definition) is 2. The fourth-order valence-corrected chi connectivity index (χ4v) is 3.78. The Morgan fingerprint density at radius 1 is 1.18 bits per heavy atom. The summed E-state index contributed by atoms with van der Waals surface area (Å²) in [4.78, 5) is 13.6. The van der Waals surface area contributed by atoms with Gasteiger partial charge >= 0.3 is 5.97 Å². The van der Waals surface area contributed by atoms with E-state index in [1.54, 1.807) is 0 Å². The molecule has 0 amide bonds. The van der Waals surface area contributed by atoms with E-state index in [1.165, 1.54) is 25.7 Å². The van der Waals surface area contributed by atoms with Gasteiger partial charge in [-0.25, -0.2) is 0 Å². The number of rotatable bonds is 3. The van der Waals surface area contributed by atoms with Crippen molar-refractivity contribution in [2.45, 2.75) is 64.5 Å². The van der Waals surface area contributed by atoms with E-state index in [9.17, 15) is 9.90 Å². The Morgan fingerprint density at radius 3 is 2.53 bits per heavy atom. The van der Waals surface area contributed by atoms with Gasteiger partial charge in [-0.2, -0.15) is 0 Å². The minimum Gasteiger partial charge on any atom is -0.480 e. The lowest BCUT2D eigenvalue weighted by atomic mass is 9.77. The minimum atomic E-state index is -0.615. The van der Waals surface area contributed by atoms with E-state index in [0.29, 0.717) is 17.9 Å². The average molecular weight is 239 g/mol. The molecule has 3 nitrogen and oxygen atoms in total. The van der Waals surface area contributed by atoms with E-state index in [0.717, 1.165) is 19.4 Å². The van der Waals surface area contributed by atoms with Gasteiger partial charge in [-0.3, -0.25) is 9.69 Å². The van der Waals surface area contributed by atoms with Gasteiger partial charge in [0.1, 0.15) is 6.04 Å². The molecule has 1 heterocycles. The largest absolute Gasteiger partial charge is 0.480 e. The maximum absolute atomic E-state index is 11.3. The Hall–Kier alpha value is -0.570. The normalized spacial score (nSPS) is 35.4. The van der Waals surface area contributed by atoms with Gasteiger partial charge in [0, 0.05) is 6.04 Å². The monoisotopic (exact) mass is 239 g/mol. The third-order valence-electron chi connectivity index (χ3n) is 4.64. The van der Waals surface area contributed by atoms with E-state index in [2.05, 4.69) is 18.7 Å². The number of aliphatic carboxylic acids is 1. The molecule has 2 aliphatic rings. The van der Waals surface area contributed by atoms with E-state index in [1.807, 2.05) is 0 Å². The molecule has 1 saturated heterocycles. The van der Waals surface area contributed by atoms with Crippen molar-refractivity contribution in [2.24, 2.45) is 11.8 Å². The molecule has 0 radical (unpaired) electrons. The first kappa shape index (κ1) is 12.9. The van der Waals surface area contributed by atoms with E-state index in [-0.39, 0.29) is 6.04 Å². The Balaban J connectivity index is 2.10. The van der Waals surface area contributed by atoms with E-state index in [4.69, 9.17) is 0 Å². The third kappa shape index (κ3) is 2.65. The van der Waals surface area contributed by atoms with Gasteiger partial charge in [0.05, 0.1) is 0 Å². The van der Waals surface area contributed by atoms with E-state index < -0.39 is 5.97 Å². The predicted octanol–water partition coefficient (Wildman–Crippen LogP) is 2.75. The van der Waals surface area contributed by atoms with E-state index >= 15 is 0 Å². The first-order valence-corrected chi connectivity index (χ1v) is 7.10. The Kier molecular flexibility index (Phi) is 4.08. The second-order valence-electron chi connectivity index (χ2n) is 5.99. The molecule has 1 aliphatic heterocycles. The number of likely N-dealkylation sites (tertiary alicyclic amines) is 1. The quantitative estimate of drug-likeness (QED) is 0.823. The summed E-state index contributed by atoms with van der Waals surface area (Å²) in [6, 6.07) is 0.312. The average Bonchev–Trinajstić information content (AvgIpc) is 2.77. The van der Waals surface area contributed by atoms with Crippen molar-refractivity contribution in [3.8, 4) is 0 Å². The molecule has 3 atom stereocenters. The predicted molar refractivity (Wildman–Crippen MR) is 67.9 cm³/mol. The van der Waals surface area contributed by atoms with Crippen molar-refractivity contribution in [2.75, 3.05) is 6.54 Å². The highest BCUT2D eigenvalue weighted by Gasteiger charge is 2.40. The standard InChI is InChI=1S/C14H25NO2/c1-10(2)11-6-3-4-7-12(11)15-9-5-8-13(15)14(16)17/h10-13H,3-9H2,1-2H3,(H,16,17). The fourth-order valence-electron chi connectivity index (χ4n) is 3.78. The fraction of sp³-hybridized carbons (Fsp3) is 0.929. The molecular weight excluding hydrogens is 214 g/mol. The van der Waals surface area contributed by atoms with Crippen LogP contribution in [0.5, 0.6) is 0 Å². The second-order valence-corrected chi connectivity index (χ2v) is 5.99. The molecule has 0 aromatic heterocycles. The minimum absolute atomic E-state index is 0.209. The summed E-state index contributed by atoms with van der Waals surface area (Å²) in [6.45, 7) is 5.56. The lowest BCUT2D eigenvalue weighted by Gasteiger charge is -2.41. The molecule has 3 heteroatoms. The zero-order chi connectivity index (χ0) is 12.4. The summed E-state index contributed by atoms with van der Waals surface area (Å²) in [6.07, 6.45) is 6.98. The molecule has 2 fully saturated rings. The van der Waals surface area contributed by atoms with Gasteiger partial charge in [-0.1, -0.05) is 26.7 Å². The Morgan fingerprint density at radius 2 is 1.88 bits per heavy atom. The first-order valence-electron chi connectivity index (χ1n) is 7.10. The maximum Gasteiger partial charge on any atom is 0.320 e. The number of nitrogens with zero attached hydrogens (tertiary/aromatic N) is 1. The smallest absolute Gasteiger partial charge is 0.320 e. The lowest BCUT2D eigenvalue weighted by Crippen LogP contribution is -2.49. The van der Waals surface area contributed by atoms with Crippen LogP contribution in [0.3, 0.4) is 0 Å². The molecule has 1 N–H and O–H groups in total. The van der Waals surface area contributed by atoms with Crippen molar-refractivity contribution in [3.63, 3.8) is 0 Å². The molecule has 3 unspecified atom stereocenters. The van der Waals surface area contributed by atoms with Gasteiger partial charge in [0.2, 0.25) is 0 Å². The second kappa shape index (κ2) is 5.38. The van der Waals surface area contributed by atoms with Crippen LogP contribution in [0.1, 0.15) is 52.4 Å². The van der Waals surface area contributed by atoms with Gasteiger partial charge in [0.15, 0.2) is 0 Å². The van der Waals surface area contributed by atoms with Crippen LogP contribution in [0.4, 0.5) is 0 Å². The Bertz CT molecular complexity index is 277. The summed E-state index contributed by atoms with van der Waals surface area (Å²) in [5.41, 5.74) is 0. The summed E-state index contributed by atoms with van der Waals surface area (Å²) >= 11 is 0. The SMILES string of the molecule is CC(C)C1CCCCC1N1CCCC1C(=O)O. The molecule has 0 aromatic rings. The van der Waals surface area contributed by atoms with Crippen LogP contribution in [0, 0.1) is 11.8 Å². The molecule has 0 aromatic carbocycles. The molecule has 0 bridgehead atoms. The van der Waals surface area contributed by atoms with Crippen LogP contribution in [0.25, 0.3) is 0 Å². The van der Waals surface area contributed by atoms with Gasteiger partial charge in [-0.05, 0) is 44.1 Å². The van der Waals surface area contributed by atoms with Crippen molar-refractivity contribution >= 4 is 5.97 Å². The summed E-state index contributed by atoms with van der Waals surface area (Å²) < 4.78 is 0. The van der Waals surface area contributed by atoms with Crippen molar-refractivity contribution in [1.82, 2.24) is 4.90 Å². The van der Waals surface area contributed by atoms with Crippen molar-refractivity contribution in [1.29, 1.82) is 0 Å². The molecule has 98 valence electrons. The zero-order valence-corrected chi connectivity index (χ0v) is 11.1. The lowest BCUT2D eigenvalue weighted by molar-refractivity contribution is -0.143. The van der Waals surface area contributed by atoms with Crippen molar-refractivity contribution in [3.05, 3.63) is 0 Å². The maximum atomic E-state index is 11.3. The van der Waals surface area contributed by atoms with Crippen LogP contribution < -0.4 is 0 Å². The number of hydrogen-bond donors (Lipinski definition) is 1. The summed E-state index contributed by atoms with van der Waals surface area (Å²) in [5.74, 6) is 0.759. The molecule has 1 saturated carbocycles. The number of carbonyl (C=O) groups is 1. The van der Waals surface area contributed by atoms with Crippen LogP contribution >= 0.6 is 0 Å². The van der Waals surface area contributed by atoms with Crippen molar-refractivity contribution < 1.29 is 9.90 Å². The summed E-state index contributed by atoms with van der Waals surface area (Å²) in [5, 5.41) is 9.30. The number of carboxylic acid groups (broad SMARTS) is 1. The molecule has 0 spiro atoms. The highest BCUT2D eigenvalue weighted by atomic mass is 16.4. The summed E-state index contributed by atoms with van der Waals surface area (Å²) in [7, 11) is 0. The van der Waals surface area contributed by atoms with Gasteiger partial charge in [-0.15, -0.1) is 0 Å². The van der Waals surface area contributed by atoms with Gasteiger partial charge < -0.3 is 5.11 Å². The van der Waals surface area contributed by atoms with Crippen LogP contribution in [-0.2, 0) is 4.79 Å². The molecule has 1 aliphatic carbocycles. The molecule has 17 heavy (non-hydrogen) atoms.